The predicted octanol–water partition coefficient (Wildman–Crippen LogP) is 1.75. The Morgan fingerprint density at radius 1 is 1.42 bits per heavy atom. The monoisotopic (exact) mass is 276 g/mol. The molecule has 3 N–H and O–H groups in total. The van der Waals surface area contributed by atoms with Gasteiger partial charge in [0, 0.05) is 30.4 Å². The molecule has 5 heteroatoms. The van der Waals surface area contributed by atoms with E-state index in [0.29, 0.717) is 11.0 Å². The summed E-state index contributed by atoms with van der Waals surface area (Å²) in [5.41, 5.74) is 6.54. The Balaban J connectivity index is 1.65. The van der Waals surface area contributed by atoms with E-state index in [1.165, 1.54) is 38.8 Å². The van der Waals surface area contributed by atoms with Crippen LogP contribution in [0.5, 0.6) is 0 Å². The van der Waals surface area contributed by atoms with Crippen LogP contribution in [0.15, 0.2) is 18.3 Å². The number of nitrogens with two attached hydrogens (primary N) is 1. The molecule has 3 heterocycles. The van der Waals surface area contributed by atoms with E-state index in [0.717, 1.165) is 17.4 Å². The Labute approximate surface area is 119 Å². The fourth-order valence-corrected chi connectivity index (χ4v) is 3.35. The van der Waals surface area contributed by atoms with E-state index in [1.807, 2.05) is 12.1 Å². The largest absolute Gasteiger partial charge is 0.389 e. The van der Waals surface area contributed by atoms with Crippen molar-refractivity contribution in [1.29, 1.82) is 0 Å². The van der Waals surface area contributed by atoms with Gasteiger partial charge in [-0.3, -0.25) is 0 Å². The van der Waals surface area contributed by atoms with Gasteiger partial charge in [-0.05, 0) is 44.4 Å². The maximum absolute atomic E-state index is 5.66. The van der Waals surface area contributed by atoms with E-state index >= 15 is 0 Å². The molecule has 0 amide bonds. The zero-order chi connectivity index (χ0) is 13.2. The Kier molecular flexibility index (Phi) is 3.66. The summed E-state index contributed by atoms with van der Waals surface area (Å²) < 4.78 is 0. The molecule has 0 saturated carbocycles. The molecule has 2 atom stereocenters. The Hall–Kier alpha value is -1.20. The van der Waals surface area contributed by atoms with Gasteiger partial charge in [0.25, 0.3) is 0 Å². The molecule has 0 radical (unpaired) electrons. The standard InChI is InChI=1S/C14H20N4S/c15-14(19)10-3-5-16-13(8-10)17-11-4-7-18-6-1-2-12(18)9-11/h3,5,8,11-12H,1-2,4,6-7,9H2,(H2,15,19)(H,16,17). The predicted molar refractivity (Wildman–Crippen MR) is 81.4 cm³/mol. The molecule has 4 nitrogen and oxygen atoms in total. The normalized spacial score (nSPS) is 26.9. The van der Waals surface area contributed by atoms with E-state index in [4.69, 9.17) is 18.0 Å². The third kappa shape index (κ3) is 2.87. The van der Waals surface area contributed by atoms with Crippen molar-refractivity contribution < 1.29 is 0 Å². The topological polar surface area (TPSA) is 54.2 Å². The van der Waals surface area contributed by atoms with Crippen LogP contribution in [-0.2, 0) is 0 Å². The highest BCUT2D eigenvalue weighted by molar-refractivity contribution is 7.80. The number of hydrogen-bond acceptors (Lipinski definition) is 4. The number of hydrogen-bond donors (Lipinski definition) is 2. The zero-order valence-corrected chi connectivity index (χ0v) is 11.8. The van der Waals surface area contributed by atoms with Crippen LogP contribution in [0.2, 0.25) is 0 Å². The first-order valence-corrected chi connectivity index (χ1v) is 7.39. The molecule has 3 rings (SSSR count). The molecule has 2 unspecified atom stereocenters. The minimum atomic E-state index is 0.427. The van der Waals surface area contributed by atoms with Gasteiger partial charge in [-0.25, -0.2) is 4.98 Å². The number of aromatic nitrogens is 1. The molecule has 0 spiro atoms. The van der Waals surface area contributed by atoms with Crippen molar-refractivity contribution >= 4 is 23.0 Å². The fourth-order valence-electron chi connectivity index (χ4n) is 3.23. The smallest absolute Gasteiger partial charge is 0.126 e. The molecule has 2 saturated heterocycles. The van der Waals surface area contributed by atoms with Crippen LogP contribution >= 0.6 is 12.2 Å². The van der Waals surface area contributed by atoms with Crippen LogP contribution in [0.3, 0.4) is 0 Å². The van der Waals surface area contributed by atoms with Gasteiger partial charge in [-0.2, -0.15) is 0 Å². The summed E-state index contributed by atoms with van der Waals surface area (Å²) >= 11 is 5.00. The zero-order valence-electron chi connectivity index (χ0n) is 11.0. The Morgan fingerprint density at radius 3 is 3.16 bits per heavy atom. The van der Waals surface area contributed by atoms with Crippen molar-refractivity contribution in [2.75, 3.05) is 18.4 Å². The fraction of sp³-hybridized carbons (Fsp3) is 0.571. The van der Waals surface area contributed by atoms with E-state index in [1.54, 1.807) is 6.20 Å². The molecule has 1 aromatic rings. The number of piperidine rings is 1. The lowest BCUT2D eigenvalue weighted by Crippen LogP contribution is -2.42. The molecule has 1 aromatic heterocycles. The third-order valence-electron chi connectivity index (χ3n) is 4.22. The first kappa shape index (κ1) is 12.8. The Bertz CT molecular complexity index is 476. The lowest BCUT2D eigenvalue weighted by atomic mass is 9.97. The van der Waals surface area contributed by atoms with Crippen LogP contribution in [0.25, 0.3) is 0 Å². The molecule has 2 fully saturated rings. The van der Waals surface area contributed by atoms with Gasteiger partial charge in [0.15, 0.2) is 0 Å². The van der Waals surface area contributed by atoms with Gasteiger partial charge in [0.05, 0.1) is 0 Å². The van der Waals surface area contributed by atoms with Gasteiger partial charge >= 0.3 is 0 Å². The highest BCUT2D eigenvalue weighted by Gasteiger charge is 2.31. The van der Waals surface area contributed by atoms with Crippen molar-refractivity contribution in [3.63, 3.8) is 0 Å². The molecule has 102 valence electrons. The summed E-state index contributed by atoms with van der Waals surface area (Å²) in [5, 5.41) is 3.54. The van der Waals surface area contributed by atoms with Gasteiger partial charge in [-0.15, -0.1) is 0 Å². The first-order valence-electron chi connectivity index (χ1n) is 6.99. The lowest BCUT2D eigenvalue weighted by molar-refractivity contribution is 0.188. The summed E-state index contributed by atoms with van der Waals surface area (Å²) in [6.45, 7) is 2.49. The number of pyridine rings is 1. The van der Waals surface area contributed by atoms with Crippen LogP contribution in [0.4, 0.5) is 5.82 Å². The average Bonchev–Trinajstić information content (AvgIpc) is 2.86. The van der Waals surface area contributed by atoms with Crippen molar-refractivity contribution in [1.82, 2.24) is 9.88 Å². The van der Waals surface area contributed by atoms with E-state index < -0.39 is 0 Å². The minimum Gasteiger partial charge on any atom is -0.389 e. The summed E-state index contributed by atoms with van der Waals surface area (Å²) in [7, 11) is 0. The van der Waals surface area contributed by atoms with Crippen LogP contribution in [-0.4, -0.2) is 40.0 Å². The summed E-state index contributed by atoms with van der Waals surface area (Å²) in [6.07, 6.45) is 6.88. The third-order valence-corrected chi connectivity index (χ3v) is 4.45. The molecular weight excluding hydrogens is 256 g/mol. The molecule has 19 heavy (non-hydrogen) atoms. The highest BCUT2D eigenvalue weighted by Crippen LogP contribution is 2.28. The van der Waals surface area contributed by atoms with E-state index in [-0.39, 0.29) is 0 Å². The van der Waals surface area contributed by atoms with Crippen molar-refractivity contribution in [2.45, 2.75) is 37.8 Å². The summed E-state index contributed by atoms with van der Waals surface area (Å²) in [6, 6.07) is 5.09. The number of anilines is 1. The molecule has 0 bridgehead atoms. The van der Waals surface area contributed by atoms with Crippen molar-refractivity contribution in [3.05, 3.63) is 23.9 Å². The lowest BCUT2D eigenvalue weighted by Gasteiger charge is -2.35. The number of fused-ring (bicyclic) bond motifs is 1. The van der Waals surface area contributed by atoms with Gasteiger partial charge in [0.1, 0.15) is 10.8 Å². The van der Waals surface area contributed by atoms with Crippen LogP contribution < -0.4 is 11.1 Å². The second-order valence-electron chi connectivity index (χ2n) is 5.49. The van der Waals surface area contributed by atoms with Crippen LogP contribution in [0, 0.1) is 0 Å². The molecule has 0 aliphatic carbocycles. The molecule has 0 aromatic carbocycles. The van der Waals surface area contributed by atoms with E-state index in [9.17, 15) is 0 Å². The van der Waals surface area contributed by atoms with Crippen molar-refractivity contribution in [3.8, 4) is 0 Å². The number of nitrogens with one attached hydrogen (secondary N) is 1. The van der Waals surface area contributed by atoms with Gasteiger partial charge in [0.2, 0.25) is 0 Å². The second-order valence-corrected chi connectivity index (χ2v) is 5.93. The summed E-state index contributed by atoms with van der Waals surface area (Å²) in [4.78, 5) is 7.41. The maximum atomic E-state index is 5.66. The first-order chi connectivity index (χ1) is 9.22. The van der Waals surface area contributed by atoms with E-state index in [2.05, 4.69) is 15.2 Å². The maximum Gasteiger partial charge on any atom is 0.126 e. The second kappa shape index (κ2) is 5.43. The van der Waals surface area contributed by atoms with Crippen molar-refractivity contribution in [2.24, 2.45) is 5.73 Å². The molecule has 2 aliphatic heterocycles. The average molecular weight is 276 g/mol. The molecule has 2 aliphatic rings. The number of rotatable bonds is 3. The van der Waals surface area contributed by atoms with Gasteiger partial charge in [-0.1, -0.05) is 12.2 Å². The number of thiocarbonyl (C=S) groups is 1. The summed E-state index contributed by atoms with van der Waals surface area (Å²) in [5.74, 6) is 0.891. The highest BCUT2D eigenvalue weighted by atomic mass is 32.1. The SMILES string of the molecule is NC(=S)c1ccnc(NC2CCN3CCCC3C2)c1. The van der Waals surface area contributed by atoms with Crippen LogP contribution in [0.1, 0.15) is 31.2 Å². The number of nitrogens with zero attached hydrogens (tertiary/aromatic N) is 2. The van der Waals surface area contributed by atoms with Gasteiger partial charge < -0.3 is 16.0 Å². The molecular formula is C14H20N4S. The minimum absolute atomic E-state index is 0.427. The quantitative estimate of drug-likeness (QED) is 0.824. The Morgan fingerprint density at radius 2 is 2.32 bits per heavy atom.